The second-order valence-electron chi connectivity index (χ2n) is 18.3. The number of nitrogens with two attached hydrogens (primary N) is 1. The summed E-state index contributed by atoms with van der Waals surface area (Å²) in [5.74, 6) is -1.07. The molecule has 0 bridgehead atoms. The predicted octanol–water partition coefficient (Wildman–Crippen LogP) is 13.0. The average molecular weight is 962 g/mol. The second kappa shape index (κ2) is 20.5. The first-order valence-electron chi connectivity index (χ1n) is 24.7. The molecule has 0 spiro atoms. The van der Waals surface area contributed by atoms with Crippen molar-refractivity contribution in [3.63, 3.8) is 0 Å². The van der Waals surface area contributed by atoms with Crippen molar-refractivity contribution >= 4 is 34.5 Å². The van der Waals surface area contributed by atoms with E-state index in [4.69, 9.17) is 21.0 Å². The highest BCUT2D eigenvalue weighted by atomic mass is 16.2. The smallest absolute Gasteiger partial charge is 0.250 e. The van der Waals surface area contributed by atoms with Gasteiger partial charge >= 0.3 is 0 Å². The quantitative estimate of drug-likeness (QED) is 0.0828. The molecule has 74 heavy (non-hydrogen) atoms. The first kappa shape index (κ1) is 46.6. The summed E-state index contributed by atoms with van der Waals surface area (Å²) in [5.41, 5.74) is 14.6. The standard InChI is InChI=1S/C65H51N7O2/c66-62(74)57-43-48(46-25-9-1-10-26-46)41-42-58(57)67-60(73)45-55(47-27-11-2-12-28-47)56-44-59(69-64(49-29-13-3-14-30-49,50-31-15-4-16-32-50)51-33-17-5-18-34-51)68-63-61(56)70-71-72(63)65(52-35-19-6-20-36-52,53-37-21-7-22-38-53)54-39-23-8-24-40-54/h1-44,55H,45H2,(H2,66,74)(H,67,73)(H,68,69). The van der Waals surface area contributed by atoms with E-state index >= 15 is 0 Å². The van der Waals surface area contributed by atoms with Gasteiger partial charge in [-0.1, -0.05) is 254 Å². The van der Waals surface area contributed by atoms with Crippen molar-refractivity contribution in [2.75, 3.05) is 10.6 Å². The van der Waals surface area contributed by atoms with Crippen LogP contribution in [0, 0.1) is 0 Å². The largest absolute Gasteiger partial charge is 0.366 e. The number of aromatic nitrogens is 4. The third-order valence-corrected chi connectivity index (χ3v) is 13.9. The molecule has 1 unspecified atom stereocenters. The van der Waals surface area contributed by atoms with Gasteiger partial charge in [0.05, 0.1) is 11.3 Å². The molecule has 0 fully saturated rings. The van der Waals surface area contributed by atoms with Crippen LogP contribution in [0.15, 0.2) is 267 Å². The van der Waals surface area contributed by atoms with Crippen LogP contribution in [0.5, 0.6) is 0 Å². The zero-order chi connectivity index (χ0) is 50.3. The molecule has 0 aliphatic rings. The molecule has 2 amide bonds. The number of primary amides is 1. The molecule has 9 aromatic carbocycles. The molecule has 2 heterocycles. The number of amides is 2. The lowest BCUT2D eigenvalue weighted by Gasteiger charge is -2.38. The zero-order valence-corrected chi connectivity index (χ0v) is 40.4. The molecular weight excluding hydrogens is 911 g/mol. The van der Waals surface area contributed by atoms with Crippen molar-refractivity contribution in [3.05, 3.63) is 317 Å². The number of carbonyl (C=O) groups is 2. The Morgan fingerprint density at radius 3 is 1.39 bits per heavy atom. The van der Waals surface area contributed by atoms with Gasteiger partial charge in [0.2, 0.25) is 5.91 Å². The molecule has 2 aromatic heterocycles. The Hall–Kier alpha value is -9.73. The van der Waals surface area contributed by atoms with Crippen LogP contribution >= 0.6 is 0 Å². The number of pyridine rings is 1. The van der Waals surface area contributed by atoms with Crippen LogP contribution in [0.3, 0.4) is 0 Å². The minimum atomic E-state index is -1.09. The maximum Gasteiger partial charge on any atom is 0.250 e. The summed E-state index contributed by atoms with van der Waals surface area (Å²) in [6.07, 6.45) is -0.0452. The predicted molar refractivity (Wildman–Crippen MR) is 295 cm³/mol. The van der Waals surface area contributed by atoms with Crippen LogP contribution in [0.1, 0.15) is 67.2 Å². The summed E-state index contributed by atoms with van der Waals surface area (Å²) in [6.45, 7) is 0. The van der Waals surface area contributed by atoms with Crippen molar-refractivity contribution in [1.82, 2.24) is 20.0 Å². The van der Waals surface area contributed by atoms with Gasteiger partial charge in [0.15, 0.2) is 5.65 Å². The first-order valence-corrected chi connectivity index (χ1v) is 24.7. The Bertz CT molecular complexity index is 3480. The molecule has 0 aliphatic carbocycles. The van der Waals surface area contributed by atoms with Gasteiger partial charge in [-0.05, 0) is 73.8 Å². The Morgan fingerprint density at radius 1 is 0.500 bits per heavy atom. The van der Waals surface area contributed by atoms with E-state index in [1.54, 1.807) is 12.1 Å². The van der Waals surface area contributed by atoms with Crippen LogP contribution in [0.4, 0.5) is 11.5 Å². The fourth-order valence-electron chi connectivity index (χ4n) is 10.5. The number of carbonyl (C=O) groups excluding carboxylic acids is 2. The van der Waals surface area contributed by atoms with Crippen molar-refractivity contribution in [3.8, 4) is 11.1 Å². The summed E-state index contributed by atoms with van der Waals surface area (Å²) in [4.78, 5) is 33.6. The number of nitrogens with one attached hydrogen (secondary N) is 2. The summed E-state index contributed by atoms with van der Waals surface area (Å²) in [6, 6.07) is 89.2. The van der Waals surface area contributed by atoms with Crippen LogP contribution in [-0.2, 0) is 15.9 Å². The number of fused-ring (bicyclic) bond motifs is 1. The van der Waals surface area contributed by atoms with E-state index in [9.17, 15) is 9.59 Å². The van der Waals surface area contributed by atoms with E-state index in [0.717, 1.165) is 50.1 Å². The Morgan fingerprint density at radius 2 is 0.932 bits per heavy atom. The molecule has 0 radical (unpaired) electrons. The van der Waals surface area contributed by atoms with Gasteiger partial charge in [0, 0.05) is 12.3 Å². The zero-order valence-electron chi connectivity index (χ0n) is 40.4. The number of hydrogen-bond acceptors (Lipinski definition) is 6. The Labute approximate surface area is 430 Å². The highest BCUT2D eigenvalue weighted by Gasteiger charge is 2.43. The fraction of sp³-hybridized carbons (Fsp3) is 0.0615. The van der Waals surface area contributed by atoms with Crippen molar-refractivity contribution < 1.29 is 9.59 Å². The molecule has 11 rings (SSSR count). The molecular formula is C65H51N7O2. The molecule has 0 saturated heterocycles. The Kier molecular flexibility index (Phi) is 13.0. The van der Waals surface area contributed by atoms with E-state index < -0.39 is 22.9 Å². The summed E-state index contributed by atoms with van der Waals surface area (Å²) in [7, 11) is 0. The summed E-state index contributed by atoms with van der Waals surface area (Å²) in [5, 5.41) is 17.5. The SMILES string of the molecule is NC(=O)c1cc(-c2ccccc2)ccc1NC(=O)CC(c1ccccc1)c1cc(NC(c2ccccc2)(c2ccccc2)c2ccccc2)nc2c1nnn2C(c1ccccc1)(c1ccccc1)c1ccccc1. The Balaban J connectivity index is 1.17. The average Bonchev–Trinajstić information content (AvgIpc) is 3.91. The van der Waals surface area contributed by atoms with Gasteiger partial charge in [0.1, 0.15) is 22.4 Å². The minimum Gasteiger partial charge on any atom is -0.366 e. The van der Waals surface area contributed by atoms with E-state index in [2.05, 4.69) is 120 Å². The van der Waals surface area contributed by atoms with Gasteiger partial charge in [-0.3, -0.25) is 9.59 Å². The molecule has 9 nitrogen and oxygen atoms in total. The number of hydrogen-bond donors (Lipinski definition) is 3. The molecule has 0 saturated carbocycles. The van der Waals surface area contributed by atoms with E-state index in [-0.39, 0.29) is 17.9 Å². The van der Waals surface area contributed by atoms with Gasteiger partial charge in [-0.2, -0.15) is 0 Å². The monoisotopic (exact) mass is 961 g/mol. The highest BCUT2D eigenvalue weighted by Crippen LogP contribution is 2.45. The van der Waals surface area contributed by atoms with E-state index in [1.165, 1.54) is 0 Å². The molecule has 4 N–H and O–H groups in total. The topological polar surface area (TPSA) is 128 Å². The van der Waals surface area contributed by atoms with Crippen LogP contribution in [0.2, 0.25) is 0 Å². The maximum atomic E-state index is 14.9. The van der Waals surface area contributed by atoms with E-state index in [1.807, 2.05) is 150 Å². The lowest BCUT2D eigenvalue weighted by molar-refractivity contribution is -0.116. The normalized spacial score (nSPS) is 11.9. The van der Waals surface area contributed by atoms with Crippen molar-refractivity contribution in [2.24, 2.45) is 5.73 Å². The molecule has 358 valence electrons. The number of anilines is 2. The lowest BCUT2D eigenvalue weighted by Crippen LogP contribution is -2.39. The maximum absolute atomic E-state index is 14.9. The van der Waals surface area contributed by atoms with Crippen LogP contribution < -0.4 is 16.4 Å². The fourth-order valence-corrected chi connectivity index (χ4v) is 10.5. The molecule has 9 heteroatoms. The lowest BCUT2D eigenvalue weighted by atomic mass is 9.76. The van der Waals surface area contributed by atoms with Gasteiger partial charge in [0.25, 0.3) is 5.91 Å². The van der Waals surface area contributed by atoms with Crippen LogP contribution in [-0.4, -0.2) is 31.8 Å². The van der Waals surface area contributed by atoms with Gasteiger partial charge in [-0.15, -0.1) is 5.10 Å². The third-order valence-electron chi connectivity index (χ3n) is 13.9. The molecule has 11 aromatic rings. The highest BCUT2D eigenvalue weighted by molar-refractivity contribution is 6.04. The first-order chi connectivity index (χ1) is 36.4. The number of nitrogens with zero attached hydrogens (tertiary/aromatic N) is 4. The van der Waals surface area contributed by atoms with Crippen molar-refractivity contribution in [2.45, 2.75) is 23.4 Å². The molecule has 0 aliphatic heterocycles. The summed E-state index contributed by atoms with van der Waals surface area (Å²) < 4.78 is 1.95. The van der Waals surface area contributed by atoms with Crippen LogP contribution in [0.25, 0.3) is 22.3 Å². The molecule has 1 atom stereocenters. The number of rotatable bonds is 16. The van der Waals surface area contributed by atoms with Gasteiger partial charge in [-0.25, -0.2) is 9.67 Å². The van der Waals surface area contributed by atoms with E-state index in [0.29, 0.717) is 28.2 Å². The van der Waals surface area contributed by atoms with Crippen molar-refractivity contribution in [1.29, 1.82) is 0 Å². The third kappa shape index (κ3) is 8.77. The minimum absolute atomic E-state index is 0.0452. The second-order valence-corrected chi connectivity index (χ2v) is 18.3. The number of benzene rings is 9. The van der Waals surface area contributed by atoms with Gasteiger partial charge < -0.3 is 16.4 Å². The summed E-state index contributed by atoms with van der Waals surface area (Å²) >= 11 is 0.